The third-order valence-corrected chi connectivity index (χ3v) is 9.99. The number of benzene rings is 4. The van der Waals surface area contributed by atoms with Gasteiger partial charge in [0.15, 0.2) is 0 Å². The molecule has 5 rings (SSSR count). The molecule has 254 valence electrons. The van der Waals surface area contributed by atoms with Crippen LogP contribution in [-0.4, -0.2) is 53.1 Å². The average Bonchev–Trinajstić information content (AvgIpc) is 3.89. The number of rotatable bonds is 11. The van der Waals surface area contributed by atoms with Gasteiger partial charge in [0, 0.05) is 23.7 Å². The minimum absolute atomic E-state index is 0.103. The van der Waals surface area contributed by atoms with Gasteiger partial charge in [-0.3, -0.25) is 4.79 Å². The Hall–Kier alpha value is -4.06. The second-order valence-electron chi connectivity index (χ2n) is 11.0. The Morgan fingerprint density at radius 3 is 2.27 bits per heavy atom. The van der Waals surface area contributed by atoms with E-state index >= 15 is 0 Å². The summed E-state index contributed by atoms with van der Waals surface area (Å²) in [7, 11) is 0. The van der Waals surface area contributed by atoms with E-state index in [2.05, 4.69) is 26.1 Å². The molecule has 1 aliphatic rings. The van der Waals surface area contributed by atoms with Gasteiger partial charge in [-0.2, -0.15) is 0 Å². The third kappa shape index (κ3) is 11.3. The maximum atomic E-state index is 13.3. The summed E-state index contributed by atoms with van der Waals surface area (Å²) in [4.78, 5) is 25.7. The number of anilines is 1. The van der Waals surface area contributed by atoms with Gasteiger partial charge >= 0.3 is 94.8 Å². The van der Waals surface area contributed by atoms with Gasteiger partial charge < -0.3 is 9.64 Å². The zero-order valence-electron chi connectivity index (χ0n) is 25.7. The standard InChI is InChI=1S/C26H23ClF3NO2.C8H10AsNO5/c27-23-5-2-4-22(16-23)25(32)31(17-19-7-9-20(10-8-19)21-11-12-21)14-13-18-3-1-6-24(15-18)33-26(28,29)30;1-6(11)10-8-5-3-2-4-7(8)9(12,13)15-14/h1-10,15-16,21H,11-14,17H2;2-5,14H,1H3,(H,10,11)(H,12,13). The summed E-state index contributed by atoms with van der Waals surface area (Å²) in [5.41, 5.74) is 3.57. The van der Waals surface area contributed by atoms with Crippen LogP contribution < -0.4 is 14.4 Å². The molecule has 1 unspecified atom stereocenters. The maximum Gasteiger partial charge on any atom is 0.573 e. The first-order valence-corrected chi connectivity index (χ1v) is 18.4. The van der Waals surface area contributed by atoms with Gasteiger partial charge in [0.05, 0.1) is 0 Å². The van der Waals surface area contributed by atoms with Crippen molar-refractivity contribution >= 4 is 47.6 Å². The van der Waals surface area contributed by atoms with Crippen LogP contribution in [0.3, 0.4) is 0 Å². The molecule has 2 amide bonds. The molecule has 0 heterocycles. The van der Waals surface area contributed by atoms with Gasteiger partial charge in [-0.1, -0.05) is 54.1 Å². The van der Waals surface area contributed by atoms with E-state index in [1.807, 2.05) is 12.1 Å². The third-order valence-electron chi connectivity index (χ3n) is 7.19. The molecule has 0 spiro atoms. The molecule has 0 saturated heterocycles. The monoisotopic (exact) mass is 748 g/mol. The maximum absolute atomic E-state index is 13.3. The van der Waals surface area contributed by atoms with Crippen molar-refractivity contribution in [3.8, 4) is 5.75 Å². The molecular formula is C34H33AsClF3N2O7. The first-order valence-electron chi connectivity index (χ1n) is 14.8. The molecule has 4 aromatic carbocycles. The summed E-state index contributed by atoms with van der Waals surface area (Å²) >= 11 is 1.15. The van der Waals surface area contributed by atoms with Crippen molar-refractivity contribution < 1.29 is 44.5 Å². The molecule has 0 aromatic heterocycles. The van der Waals surface area contributed by atoms with Crippen molar-refractivity contribution in [3.05, 3.63) is 124 Å². The van der Waals surface area contributed by atoms with E-state index in [0.29, 0.717) is 41.6 Å². The molecule has 1 atom stereocenters. The molecule has 1 saturated carbocycles. The van der Waals surface area contributed by atoms with E-state index < -0.39 is 20.5 Å². The predicted octanol–water partition coefficient (Wildman–Crippen LogP) is 6.70. The number of alkyl halides is 3. The summed E-state index contributed by atoms with van der Waals surface area (Å²) < 4.78 is 65.8. The Morgan fingerprint density at radius 2 is 1.65 bits per heavy atom. The summed E-state index contributed by atoms with van der Waals surface area (Å²) in [6.45, 7) is 1.98. The second-order valence-corrected chi connectivity index (χ2v) is 15.0. The minimum atomic E-state index is -4.92. The fraction of sp³-hybridized carbons (Fsp3) is 0.235. The molecule has 0 aliphatic heterocycles. The fourth-order valence-corrected chi connectivity index (χ4v) is 6.67. The molecular weight excluding hydrogens is 716 g/mol. The Labute approximate surface area is 283 Å². The van der Waals surface area contributed by atoms with Gasteiger partial charge in [0.25, 0.3) is 5.91 Å². The molecule has 0 bridgehead atoms. The van der Waals surface area contributed by atoms with Crippen LogP contribution in [-0.2, 0) is 25.4 Å². The SMILES string of the molecule is CC(=O)Nc1ccccc1[As](=O)(O)OO.O=C(c1cccc(Cl)c1)N(CCc1cccc(OC(F)(F)F)c1)Cc1ccc(C2CC2)cc1. The number of para-hydroxylation sites is 1. The first kappa shape index (κ1) is 36.8. The minimum Gasteiger partial charge on any atom is -0.406 e. The quantitative estimate of drug-likeness (QED) is 0.0886. The van der Waals surface area contributed by atoms with Gasteiger partial charge in [-0.05, 0) is 72.2 Å². The van der Waals surface area contributed by atoms with Gasteiger partial charge in [-0.15, -0.1) is 13.2 Å². The molecule has 1 aliphatic carbocycles. The summed E-state index contributed by atoms with van der Waals surface area (Å²) in [6.07, 6.45) is -1.94. The predicted molar refractivity (Wildman–Crippen MR) is 174 cm³/mol. The van der Waals surface area contributed by atoms with E-state index in [1.54, 1.807) is 41.3 Å². The van der Waals surface area contributed by atoms with Crippen LogP contribution in [0.5, 0.6) is 5.75 Å². The topological polar surface area (TPSA) is 125 Å². The van der Waals surface area contributed by atoms with Crippen LogP contribution in [0, 0.1) is 0 Å². The van der Waals surface area contributed by atoms with Crippen molar-refractivity contribution in [2.24, 2.45) is 0 Å². The molecule has 3 N–H and O–H groups in total. The second kappa shape index (κ2) is 16.4. The molecule has 4 aromatic rings. The van der Waals surface area contributed by atoms with Crippen molar-refractivity contribution in [1.82, 2.24) is 4.90 Å². The van der Waals surface area contributed by atoms with E-state index in [1.165, 1.54) is 61.7 Å². The van der Waals surface area contributed by atoms with E-state index in [9.17, 15) is 30.6 Å². The number of amides is 2. The van der Waals surface area contributed by atoms with Crippen LogP contribution in [0.25, 0.3) is 0 Å². The number of carbonyl (C=O) groups excluding carboxylic acids is 2. The zero-order valence-corrected chi connectivity index (χ0v) is 28.3. The van der Waals surface area contributed by atoms with Crippen LogP contribution >= 0.6 is 11.6 Å². The normalized spacial score (nSPS) is 13.8. The van der Waals surface area contributed by atoms with Crippen molar-refractivity contribution in [2.45, 2.75) is 45.0 Å². The smallest absolute Gasteiger partial charge is 0.406 e. The number of nitrogens with zero attached hydrogens (tertiary/aromatic N) is 1. The van der Waals surface area contributed by atoms with Gasteiger partial charge in [-0.25, -0.2) is 0 Å². The van der Waals surface area contributed by atoms with E-state index in [4.69, 9.17) is 16.9 Å². The molecule has 0 radical (unpaired) electrons. The van der Waals surface area contributed by atoms with Gasteiger partial charge in [0.1, 0.15) is 5.75 Å². The number of halogens is 4. The summed E-state index contributed by atoms with van der Waals surface area (Å²) in [5, 5.41) is 11.1. The van der Waals surface area contributed by atoms with Crippen molar-refractivity contribution in [3.63, 3.8) is 0 Å². The van der Waals surface area contributed by atoms with E-state index in [0.717, 1.165) is 5.56 Å². The molecule has 14 heteroatoms. The fourth-order valence-electron chi connectivity index (χ4n) is 4.81. The number of hydrogen-bond donors (Lipinski definition) is 3. The summed E-state index contributed by atoms with van der Waals surface area (Å²) in [5.74, 6) is -0.194. The van der Waals surface area contributed by atoms with Crippen molar-refractivity contribution in [1.29, 1.82) is 0 Å². The largest absolute Gasteiger partial charge is 0.573 e. The zero-order chi connectivity index (χ0) is 34.9. The number of carbonyl (C=O) groups is 2. The van der Waals surface area contributed by atoms with Crippen LogP contribution in [0.4, 0.5) is 18.9 Å². The number of ether oxygens (including phenoxy) is 1. The van der Waals surface area contributed by atoms with Crippen LogP contribution in [0.1, 0.15) is 52.7 Å². The average molecular weight is 749 g/mol. The number of nitrogens with one attached hydrogen (secondary N) is 1. The van der Waals surface area contributed by atoms with Crippen LogP contribution in [0.15, 0.2) is 97.1 Å². The molecule has 1 fully saturated rings. The molecule has 48 heavy (non-hydrogen) atoms. The number of hydrogen-bond acceptors (Lipinski definition) is 6. The Kier molecular flexibility index (Phi) is 12.5. The van der Waals surface area contributed by atoms with Crippen molar-refractivity contribution in [2.75, 3.05) is 11.9 Å². The Morgan fingerprint density at radius 1 is 0.958 bits per heavy atom. The Bertz CT molecular complexity index is 1770. The Balaban J connectivity index is 0.000000291. The van der Waals surface area contributed by atoms with Crippen LogP contribution in [0.2, 0.25) is 5.02 Å². The van der Waals surface area contributed by atoms with E-state index in [-0.39, 0.29) is 27.6 Å². The van der Waals surface area contributed by atoms with Gasteiger partial charge in [0.2, 0.25) is 0 Å². The molecule has 9 nitrogen and oxygen atoms in total. The summed E-state index contributed by atoms with van der Waals surface area (Å²) in [6, 6.07) is 26.7. The first-order chi connectivity index (χ1) is 22.7.